The topological polar surface area (TPSA) is 58.5 Å². The van der Waals surface area contributed by atoms with Crippen LogP contribution in [0.15, 0.2) is 33.5 Å². The van der Waals surface area contributed by atoms with E-state index in [1.54, 1.807) is 12.1 Å². The van der Waals surface area contributed by atoms with Gasteiger partial charge in [0.2, 0.25) is 0 Å². The number of nitrogens with one attached hydrogen (secondary N) is 1. The van der Waals surface area contributed by atoms with Crippen LogP contribution in [-0.2, 0) is 9.73 Å². The molecule has 1 aromatic rings. The number of aryl methyl sites for hydroxylation is 1. The van der Waals surface area contributed by atoms with Crippen LogP contribution >= 0.6 is 0 Å². The molecule has 0 aliphatic rings. The van der Waals surface area contributed by atoms with Crippen molar-refractivity contribution in [2.24, 2.45) is 4.36 Å². The lowest BCUT2D eigenvalue weighted by Crippen LogP contribution is -2.22. The number of rotatable bonds is 4. The van der Waals surface area contributed by atoms with Gasteiger partial charge in [-0.05, 0) is 25.5 Å². The summed E-state index contributed by atoms with van der Waals surface area (Å²) in [6.45, 7) is 4.57. The molecule has 0 saturated carbocycles. The lowest BCUT2D eigenvalue weighted by Gasteiger charge is -2.05. The van der Waals surface area contributed by atoms with E-state index in [0.29, 0.717) is 11.4 Å². The Morgan fingerprint density at radius 3 is 2.50 bits per heavy atom. The van der Waals surface area contributed by atoms with Gasteiger partial charge < -0.3 is 5.32 Å². The average Bonchev–Trinajstić information content (AvgIpc) is 2.29. The first kappa shape index (κ1) is 14.7. The molecule has 0 aromatic heterocycles. The zero-order valence-corrected chi connectivity index (χ0v) is 11.9. The number of benzene rings is 1. The van der Waals surface area contributed by atoms with Crippen molar-refractivity contribution in [3.05, 3.63) is 29.8 Å². The quantitative estimate of drug-likeness (QED) is 0.853. The Labute approximate surface area is 109 Å². The van der Waals surface area contributed by atoms with E-state index < -0.39 is 15.8 Å². The Morgan fingerprint density at radius 1 is 1.33 bits per heavy atom. The first-order valence-corrected chi connectivity index (χ1v) is 7.94. The number of hydrogen-bond acceptors (Lipinski definition) is 2. The molecule has 0 aliphatic carbocycles. The molecule has 0 radical (unpaired) electrons. The molecule has 0 spiro atoms. The zero-order chi connectivity index (χ0) is 13.6. The lowest BCUT2D eigenvalue weighted by molar-refractivity contribution is 0.249. The van der Waals surface area contributed by atoms with E-state index in [1.807, 2.05) is 26.0 Å². The fourth-order valence-electron chi connectivity index (χ4n) is 1.41. The van der Waals surface area contributed by atoms with E-state index in [2.05, 4.69) is 9.68 Å². The van der Waals surface area contributed by atoms with Gasteiger partial charge in [-0.3, -0.25) is 0 Å². The highest BCUT2D eigenvalue weighted by Crippen LogP contribution is 2.12. The number of hydrogen-bond donors (Lipinski definition) is 1. The van der Waals surface area contributed by atoms with Gasteiger partial charge >= 0.3 is 6.03 Å². The van der Waals surface area contributed by atoms with E-state index in [1.165, 1.54) is 6.26 Å². The van der Waals surface area contributed by atoms with E-state index in [4.69, 9.17) is 0 Å². The van der Waals surface area contributed by atoms with Crippen molar-refractivity contribution in [3.8, 4) is 0 Å². The number of nitrogens with zero attached hydrogens (tertiary/aromatic N) is 1. The second-order valence-electron chi connectivity index (χ2n) is 4.29. The van der Waals surface area contributed by atoms with E-state index in [9.17, 15) is 9.00 Å². The van der Waals surface area contributed by atoms with Gasteiger partial charge in [0.1, 0.15) is 0 Å². The van der Waals surface area contributed by atoms with Crippen LogP contribution in [0.4, 0.5) is 4.79 Å². The molecular formula is C13H20N2O2S. The van der Waals surface area contributed by atoms with Crippen molar-refractivity contribution < 1.29 is 9.00 Å². The van der Waals surface area contributed by atoms with Crippen molar-refractivity contribution in [1.82, 2.24) is 5.32 Å². The van der Waals surface area contributed by atoms with Crippen molar-refractivity contribution in [2.45, 2.75) is 31.6 Å². The van der Waals surface area contributed by atoms with Gasteiger partial charge in [0.25, 0.3) is 0 Å². The standard InChI is InChI=1S/C13H20N2O2S/c1-4-5-10-14-13(16)15-18(3,17)12-8-6-11(2)7-9-12/h6-9H,4-5,10H2,1-3H3,(H,14,16)/t18-/m0/s1. The molecule has 5 heteroatoms. The highest BCUT2D eigenvalue weighted by molar-refractivity contribution is 7.93. The summed E-state index contributed by atoms with van der Waals surface area (Å²) in [5.41, 5.74) is 1.08. The molecule has 1 aromatic carbocycles. The van der Waals surface area contributed by atoms with Gasteiger partial charge in [-0.25, -0.2) is 9.00 Å². The monoisotopic (exact) mass is 268 g/mol. The predicted molar refractivity (Wildman–Crippen MR) is 74.2 cm³/mol. The van der Waals surface area contributed by atoms with Crippen molar-refractivity contribution in [2.75, 3.05) is 12.8 Å². The SMILES string of the molecule is CCCCNC(=O)N=[S@@](C)(=O)c1ccc(C)cc1. The second-order valence-corrected chi connectivity index (χ2v) is 6.55. The minimum Gasteiger partial charge on any atom is -0.336 e. The minimum atomic E-state index is -2.65. The van der Waals surface area contributed by atoms with Crippen LogP contribution in [0.1, 0.15) is 25.3 Å². The van der Waals surface area contributed by atoms with E-state index in [-0.39, 0.29) is 0 Å². The van der Waals surface area contributed by atoms with Gasteiger partial charge in [-0.15, -0.1) is 4.36 Å². The van der Waals surface area contributed by atoms with Crippen LogP contribution < -0.4 is 5.32 Å². The Balaban J connectivity index is 2.82. The summed E-state index contributed by atoms with van der Waals surface area (Å²) in [5, 5.41) is 2.64. The third-order valence-electron chi connectivity index (χ3n) is 2.52. The van der Waals surface area contributed by atoms with Crippen molar-refractivity contribution in [1.29, 1.82) is 0 Å². The third-order valence-corrected chi connectivity index (χ3v) is 4.18. The molecule has 0 unspecified atom stereocenters. The van der Waals surface area contributed by atoms with Gasteiger partial charge in [-0.1, -0.05) is 31.0 Å². The Morgan fingerprint density at radius 2 is 1.94 bits per heavy atom. The van der Waals surface area contributed by atoms with Crippen LogP contribution in [0.25, 0.3) is 0 Å². The summed E-state index contributed by atoms with van der Waals surface area (Å²) < 4.78 is 16.1. The van der Waals surface area contributed by atoms with E-state index in [0.717, 1.165) is 18.4 Å². The van der Waals surface area contributed by atoms with E-state index >= 15 is 0 Å². The molecule has 0 fully saturated rings. The number of urea groups is 1. The molecule has 100 valence electrons. The lowest BCUT2D eigenvalue weighted by atomic mass is 10.2. The maximum atomic E-state index is 12.3. The van der Waals surface area contributed by atoms with Gasteiger partial charge in [0, 0.05) is 17.7 Å². The largest absolute Gasteiger partial charge is 0.349 e. The van der Waals surface area contributed by atoms with Gasteiger partial charge in [0.15, 0.2) is 0 Å². The van der Waals surface area contributed by atoms with Gasteiger partial charge in [0.05, 0.1) is 9.73 Å². The highest BCUT2D eigenvalue weighted by Gasteiger charge is 2.08. The first-order chi connectivity index (χ1) is 8.45. The third kappa shape index (κ3) is 4.49. The summed E-state index contributed by atoms with van der Waals surface area (Å²) >= 11 is 0. The molecule has 1 rings (SSSR count). The number of amides is 2. The Hall–Kier alpha value is -1.36. The molecule has 1 atom stereocenters. The maximum absolute atomic E-state index is 12.3. The predicted octanol–water partition coefficient (Wildman–Crippen LogP) is 2.96. The minimum absolute atomic E-state index is 0.503. The summed E-state index contributed by atoms with van der Waals surface area (Å²) in [4.78, 5) is 12.1. The average molecular weight is 268 g/mol. The normalized spacial score (nSPS) is 13.7. The number of carbonyl (C=O) groups is 1. The molecule has 18 heavy (non-hydrogen) atoms. The highest BCUT2D eigenvalue weighted by atomic mass is 32.2. The zero-order valence-electron chi connectivity index (χ0n) is 11.1. The molecule has 1 N–H and O–H groups in total. The number of unbranched alkanes of at least 4 members (excludes halogenated alkanes) is 1. The molecule has 0 heterocycles. The van der Waals surface area contributed by atoms with Crippen LogP contribution in [0.2, 0.25) is 0 Å². The van der Waals surface area contributed by atoms with Crippen molar-refractivity contribution in [3.63, 3.8) is 0 Å². The van der Waals surface area contributed by atoms with Crippen LogP contribution in [0.3, 0.4) is 0 Å². The maximum Gasteiger partial charge on any atom is 0.349 e. The second kappa shape index (κ2) is 6.54. The Kier molecular flexibility index (Phi) is 5.34. The van der Waals surface area contributed by atoms with Crippen molar-refractivity contribution >= 4 is 15.8 Å². The fourth-order valence-corrected chi connectivity index (χ4v) is 2.53. The number of carbonyl (C=O) groups excluding carboxylic acids is 1. The van der Waals surface area contributed by atoms with Gasteiger partial charge in [-0.2, -0.15) is 0 Å². The molecule has 0 bridgehead atoms. The van der Waals surface area contributed by atoms with Crippen LogP contribution in [-0.4, -0.2) is 23.0 Å². The molecular weight excluding hydrogens is 248 g/mol. The Bertz CT molecular complexity index is 514. The molecule has 4 nitrogen and oxygen atoms in total. The first-order valence-electron chi connectivity index (χ1n) is 6.02. The molecule has 2 amide bonds. The van der Waals surface area contributed by atoms with Crippen LogP contribution in [0.5, 0.6) is 0 Å². The fraction of sp³-hybridized carbons (Fsp3) is 0.462. The summed E-state index contributed by atoms with van der Waals surface area (Å²) in [5.74, 6) is 0. The molecule has 0 saturated heterocycles. The summed E-state index contributed by atoms with van der Waals surface area (Å²) in [6, 6.07) is 6.73. The smallest absolute Gasteiger partial charge is 0.336 e. The van der Waals surface area contributed by atoms with Crippen LogP contribution in [0, 0.1) is 6.92 Å². The summed E-state index contributed by atoms with van der Waals surface area (Å²) in [7, 11) is -2.65. The summed E-state index contributed by atoms with van der Waals surface area (Å²) in [6.07, 6.45) is 3.38. The molecule has 0 aliphatic heterocycles.